The molecule has 1 N–H and O–H groups in total. The van der Waals surface area contributed by atoms with Gasteiger partial charge < -0.3 is 10.1 Å². The van der Waals surface area contributed by atoms with Crippen molar-refractivity contribution in [2.75, 3.05) is 13.2 Å². The molecule has 1 aliphatic rings. The number of ether oxygens (including phenoxy) is 1. The lowest BCUT2D eigenvalue weighted by atomic mass is 9.91. The number of hydrogen-bond donors (Lipinski definition) is 1. The summed E-state index contributed by atoms with van der Waals surface area (Å²) in [5, 5.41) is 3.75. The molecular weight excluding hydrogens is 258 g/mol. The Hall–Kier alpha value is -0.860. The summed E-state index contributed by atoms with van der Waals surface area (Å²) in [6.07, 6.45) is 8.24. The van der Waals surface area contributed by atoms with Crippen molar-refractivity contribution in [3.8, 4) is 0 Å². The Kier molecular flexibility index (Phi) is 7.25. The van der Waals surface area contributed by atoms with Gasteiger partial charge in [-0.15, -0.1) is 0 Å². The molecule has 0 saturated heterocycles. The Labute approximate surface area is 130 Å². The van der Waals surface area contributed by atoms with E-state index in [1.807, 2.05) is 0 Å². The first-order valence-corrected chi connectivity index (χ1v) is 8.75. The predicted molar refractivity (Wildman–Crippen MR) is 89.5 cm³/mol. The quantitative estimate of drug-likeness (QED) is 0.710. The van der Waals surface area contributed by atoms with Gasteiger partial charge in [0, 0.05) is 12.6 Å². The van der Waals surface area contributed by atoms with Crippen LogP contribution in [0.25, 0.3) is 0 Å². The molecule has 1 aliphatic carbocycles. The fraction of sp³-hybridized carbons (Fsp3) is 0.684. The molecule has 0 heterocycles. The first-order valence-electron chi connectivity index (χ1n) is 8.75. The van der Waals surface area contributed by atoms with Gasteiger partial charge >= 0.3 is 0 Å². The average Bonchev–Trinajstić information content (AvgIpc) is 3.03. The van der Waals surface area contributed by atoms with Gasteiger partial charge in [-0.3, -0.25) is 0 Å². The van der Waals surface area contributed by atoms with Crippen LogP contribution in [0.3, 0.4) is 0 Å². The van der Waals surface area contributed by atoms with Crippen LogP contribution in [0.4, 0.5) is 0 Å². The third kappa shape index (κ3) is 5.12. The van der Waals surface area contributed by atoms with Crippen LogP contribution in [-0.2, 0) is 4.74 Å². The standard InChI is InChI=1S/C19H31NO/c1-3-14-20-18(15-16-10-8-9-11-16)19(21-4-2)17-12-6-5-7-13-17/h5-7,12-13,16,18-20H,3-4,8-11,14-15H2,1-2H3. The maximum Gasteiger partial charge on any atom is 0.0977 e. The molecule has 0 bridgehead atoms. The van der Waals surface area contributed by atoms with Crippen LogP contribution < -0.4 is 5.32 Å². The van der Waals surface area contributed by atoms with E-state index in [0.29, 0.717) is 6.04 Å². The van der Waals surface area contributed by atoms with Crippen LogP contribution in [0.1, 0.15) is 64.0 Å². The SMILES string of the molecule is CCCNC(CC1CCCC1)C(OCC)c1ccccc1. The first kappa shape index (κ1) is 16.5. The molecule has 0 aromatic heterocycles. The normalized spacial score (nSPS) is 18.8. The van der Waals surface area contributed by atoms with E-state index in [1.54, 1.807) is 0 Å². The Morgan fingerprint density at radius 2 is 1.86 bits per heavy atom. The zero-order valence-corrected chi connectivity index (χ0v) is 13.7. The molecule has 0 aliphatic heterocycles. The minimum absolute atomic E-state index is 0.184. The summed E-state index contributed by atoms with van der Waals surface area (Å²) in [5.41, 5.74) is 1.31. The highest BCUT2D eigenvalue weighted by molar-refractivity contribution is 5.19. The molecule has 118 valence electrons. The molecule has 2 rings (SSSR count). The maximum atomic E-state index is 6.14. The van der Waals surface area contributed by atoms with Crippen molar-refractivity contribution < 1.29 is 4.74 Å². The van der Waals surface area contributed by atoms with E-state index in [4.69, 9.17) is 4.74 Å². The van der Waals surface area contributed by atoms with Crippen molar-refractivity contribution in [2.45, 2.75) is 64.5 Å². The number of hydrogen-bond acceptors (Lipinski definition) is 2. The largest absolute Gasteiger partial charge is 0.372 e. The topological polar surface area (TPSA) is 21.3 Å². The average molecular weight is 289 g/mol. The lowest BCUT2D eigenvalue weighted by Crippen LogP contribution is -2.38. The van der Waals surface area contributed by atoms with E-state index in [2.05, 4.69) is 49.5 Å². The summed E-state index contributed by atoms with van der Waals surface area (Å²) in [4.78, 5) is 0. The summed E-state index contributed by atoms with van der Waals surface area (Å²) in [7, 11) is 0. The number of benzene rings is 1. The molecule has 2 nitrogen and oxygen atoms in total. The van der Waals surface area contributed by atoms with Gasteiger partial charge in [0.25, 0.3) is 0 Å². The summed E-state index contributed by atoms with van der Waals surface area (Å²) < 4.78 is 6.14. The van der Waals surface area contributed by atoms with Gasteiger partial charge in [0.05, 0.1) is 6.10 Å². The molecule has 0 radical (unpaired) electrons. The van der Waals surface area contributed by atoms with E-state index in [9.17, 15) is 0 Å². The molecule has 1 aromatic carbocycles. The highest BCUT2D eigenvalue weighted by Gasteiger charge is 2.27. The summed E-state index contributed by atoms with van der Waals surface area (Å²) in [6.45, 7) is 6.18. The van der Waals surface area contributed by atoms with Crippen molar-refractivity contribution in [1.29, 1.82) is 0 Å². The predicted octanol–water partition coefficient (Wildman–Crippen LogP) is 4.71. The molecule has 1 saturated carbocycles. The van der Waals surface area contributed by atoms with Crippen LogP contribution >= 0.6 is 0 Å². The highest BCUT2D eigenvalue weighted by atomic mass is 16.5. The van der Waals surface area contributed by atoms with E-state index in [-0.39, 0.29) is 6.10 Å². The first-order chi connectivity index (χ1) is 10.3. The minimum Gasteiger partial charge on any atom is -0.372 e. The molecule has 21 heavy (non-hydrogen) atoms. The molecule has 1 fully saturated rings. The fourth-order valence-electron chi connectivity index (χ4n) is 3.52. The van der Waals surface area contributed by atoms with Gasteiger partial charge in [0.15, 0.2) is 0 Å². The Balaban J connectivity index is 2.08. The van der Waals surface area contributed by atoms with Crippen LogP contribution in [0, 0.1) is 5.92 Å². The van der Waals surface area contributed by atoms with Crippen molar-refractivity contribution in [3.05, 3.63) is 35.9 Å². The van der Waals surface area contributed by atoms with Gasteiger partial charge in [0.2, 0.25) is 0 Å². The van der Waals surface area contributed by atoms with E-state index in [0.717, 1.165) is 19.1 Å². The molecular formula is C19H31NO. The summed E-state index contributed by atoms with van der Waals surface area (Å²) in [5.74, 6) is 0.881. The van der Waals surface area contributed by atoms with Crippen LogP contribution in [0.15, 0.2) is 30.3 Å². The van der Waals surface area contributed by atoms with Gasteiger partial charge in [-0.25, -0.2) is 0 Å². The second kappa shape index (κ2) is 9.22. The Bertz CT molecular complexity index is 372. The van der Waals surface area contributed by atoms with Crippen LogP contribution in [-0.4, -0.2) is 19.2 Å². The lowest BCUT2D eigenvalue weighted by molar-refractivity contribution is 0.0265. The molecule has 2 heteroatoms. The van der Waals surface area contributed by atoms with Crippen LogP contribution in [0.2, 0.25) is 0 Å². The second-order valence-electron chi connectivity index (χ2n) is 6.23. The van der Waals surface area contributed by atoms with Crippen LogP contribution in [0.5, 0.6) is 0 Å². The third-order valence-electron chi connectivity index (χ3n) is 4.56. The Morgan fingerprint density at radius 1 is 1.14 bits per heavy atom. The number of nitrogens with one attached hydrogen (secondary N) is 1. The monoisotopic (exact) mass is 289 g/mol. The van der Waals surface area contributed by atoms with Gasteiger partial charge in [-0.2, -0.15) is 0 Å². The van der Waals surface area contributed by atoms with E-state index >= 15 is 0 Å². The smallest absolute Gasteiger partial charge is 0.0977 e. The Morgan fingerprint density at radius 3 is 2.48 bits per heavy atom. The van der Waals surface area contributed by atoms with Gasteiger partial charge in [-0.05, 0) is 37.8 Å². The van der Waals surface area contributed by atoms with Crippen molar-refractivity contribution in [1.82, 2.24) is 5.32 Å². The lowest BCUT2D eigenvalue weighted by Gasteiger charge is -2.30. The molecule has 1 aromatic rings. The van der Waals surface area contributed by atoms with Gasteiger partial charge in [-0.1, -0.05) is 62.9 Å². The summed E-state index contributed by atoms with van der Waals surface area (Å²) in [6, 6.07) is 11.2. The third-order valence-corrected chi connectivity index (χ3v) is 4.56. The van der Waals surface area contributed by atoms with Crippen molar-refractivity contribution in [2.24, 2.45) is 5.92 Å². The number of rotatable bonds is 9. The van der Waals surface area contributed by atoms with E-state index in [1.165, 1.54) is 44.1 Å². The zero-order chi connectivity index (χ0) is 14.9. The fourth-order valence-corrected chi connectivity index (χ4v) is 3.52. The molecule has 2 atom stereocenters. The second-order valence-corrected chi connectivity index (χ2v) is 6.23. The van der Waals surface area contributed by atoms with Crippen molar-refractivity contribution >= 4 is 0 Å². The summed E-state index contributed by atoms with van der Waals surface area (Å²) >= 11 is 0. The molecule has 0 amide bonds. The zero-order valence-electron chi connectivity index (χ0n) is 13.7. The highest BCUT2D eigenvalue weighted by Crippen LogP contribution is 2.33. The molecule has 2 unspecified atom stereocenters. The van der Waals surface area contributed by atoms with E-state index < -0.39 is 0 Å². The van der Waals surface area contributed by atoms with Gasteiger partial charge in [0.1, 0.15) is 0 Å². The minimum atomic E-state index is 0.184. The maximum absolute atomic E-state index is 6.14. The van der Waals surface area contributed by atoms with Crippen molar-refractivity contribution in [3.63, 3.8) is 0 Å². The molecule has 0 spiro atoms.